The highest BCUT2D eigenvalue weighted by atomic mass is 16.5. The van der Waals surface area contributed by atoms with Crippen LogP contribution in [0.1, 0.15) is 27.4 Å². The van der Waals surface area contributed by atoms with Crippen molar-refractivity contribution in [2.24, 2.45) is 0 Å². The van der Waals surface area contributed by atoms with E-state index in [4.69, 9.17) is 9.26 Å². The van der Waals surface area contributed by atoms with Crippen molar-refractivity contribution in [2.75, 3.05) is 7.11 Å². The number of aromatic nitrogens is 2. The van der Waals surface area contributed by atoms with Gasteiger partial charge in [0.25, 0.3) is 5.91 Å². The molecular weight excluding hydrogens is 246 g/mol. The number of nitrogens with zero attached hydrogens (tertiary/aromatic N) is 2. The Morgan fingerprint density at radius 1 is 1.47 bits per heavy atom. The maximum Gasteiger partial charge on any atom is 0.257 e. The van der Waals surface area contributed by atoms with Crippen molar-refractivity contribution in [2.45, 2.75) is 20.4 Å². The molecule has 2 aromatic rings. The summed E-state index contributed by atoms with van der Waals surface area (Å²) in [6, 6.07) is 3.59. The third kappa shape index (κ3) is 2.90. The number of nitrogens with one attached hydrogen (secondary N) is 1. The van der Waals surface area contributed by atoms with Gasteiger partial charge in [0.2, 0.25) is 5.88 Å². The lowest BCUT2D eigenvalue weighted by atomic mass is 10.2. The highest BCUT2D eigenvalue weighted by Crippen LogP contribution is 2.13. The van der Waals surface area contributed by atoms with Crippen molar-refractivity contribution in [3.63, 3.8) is 0 Å². The summed E-state index contributed by atoms with van der Waals surface area (Å²) in [4.78, 5) is 16.0. The fourth-order valence-electron chi connectivity index (χ4n) is 1.75. The van der Waals surface area contributed by atoms with Gasteiger partial charge < -0.3 is 14.6 Å². The molecule has 0 aliphatic heterocycles. The third-order valence-electron chi connectivity index (χ3n) is 2.72. The van der Waals surface area contributed by atoms with Gasteiger partial charge in [-0.25, -0.2) is 4.98 Å². The first-order valence-electron chi connectivity index (χ1n) is 5.82. The van der Waals surface area contributed by atoms with Gasteiger partial charge in [-0.2, -0.15) is 0 Å². The first-order chi connectivity index (χ1) is 9.11. The van der Waals surface area contributed by atoms with Crippen LogP contribution in [-0.4, -0.2) is 23.2 Å². The Morgan fingerprint density at radius 3 is 2.89 bits per heavy atom. The van der Waals surface area contributed by atoms with E-state index < -0.39 is 0 Å². The molecule has 0 radical (unpaired) electrons. The fraction of sp³-hybridized carbons (Fsp3) is 0.308. The van der Waals surface area contributed by atoms with Crippen LogP contribution in [0.25, 0.3) is 0 Å². The molecule has 0 aliphatic carbocycles. The number of methoxy groups -OCH3 is 1. The van der Waals surface area contributed by atoms with Crippen LogP contribution in [0.15, 0.2) is 22.9 Å². The van der Waals surface area contributed by atoms with Gasteiger partial charge in [0.15, 0.2) is 0 Å². The topological polar surface area (TPSA) is 77.2 Å². The molecule has 0 atom stereocenters. The zero-order valence-electron chi connectivity index (χ0n) is 11.1. The Morgan fingerprint density at radius 2 is 2.26 bits per heavy atom. The van der Waals surface area contributed by atoms with E-state index in [2.05, 4.69) is 15.5 Å². The second-order valence-corrected chi connectivity index (χ2v) is 4.09. The van der Waals surface area contributed by atoms with Crippen LogP contribution >= 0.6 is 0 Å². The van der Waals surface area contributed by atoms with Crippen LogP contribution in [0.4, 0.5) is 0 Å². The number of aryl methyl sites for hydroxylation is 2. The minimum atomic E-state index is -0.202. The zero-order valence-corrected chi connectivity index (χ0v) is 11.1. The van der Waals surface area contributed by atoms with Gasteiger partial charge in [-0.15, -0.1) is 0 Å². The molecule has 0 unspecified atom stereocenters. The van der Waals surface area contributed by atoms with Crippen LogP contribution in [0.5, 0.6) is 5.88 Å². The molecule has 0 fully saturated rings. The molecule has 6 heteroatoms. The predicted molar refractivity (Wildman–Crippen MR) is 67.9 cm³/mol. The maximum absolute atomic E-state index is 12.0. The molecule has 2 heterocycles. The van der Waals surface area contributed by atoms with Crippen LogP contribution in [-0.2, 0) is 6.54 Å². The van der Waals surface area contributed by atoms with Gasteiger partial charge in [0.05, 0.1) is 12.8 Å². The third-order valence-corrected chi connectivity index (χ3v) is 2.72. The molecule has 6 nitrogen and oxygen atoms in total. The summed E-state index contributed by atoms with van der Waals surface area (Å²) in [6.45, 7) is 3.84. The van der Waals surface area contributed by atoms with Gasteiger partial charge in [0, 0.05) is 18.8 Å². The van der Waals surface area contributed by atoms with Crippen molar-refractivity contribution < 1.29 is 14.1 Å². The smallest absolute Gasteiger partial charge is 0.257 e. The predicted octanol–water partition coefficient (Wildman–Crippen LogP) is 1.63. The summed E-state index contributed by atoms with van der Waals surface area (Å²) in [5.41, 5.74) is 1.98. The van der Waals surface area contributed by atoms with E-state index in [1.807, 2.05) is 6.07 Å². The van der Waals surface area contributed by atoms with Crippen molar-refractivity contribution in [1.29, 1.82) is 0 Å². The number of pyridine rings is 1. The summed E-state index contributed by atoms with van der Waals surface area (Å²) in [5, 5.41) is 6.57. The first kappa shape index (κ1) is 13.1. The summed E-state index contributed by atoms with van der Waals surface area (Å²) < 4.78 is 9.99. The lowest BCUT2D eigenvalue weighted by Crippen LogP contribution is -2.23. The van der Waals surface area contributed by atoms with Crippen LogP contribution < -0.4 is 10.1 Å². The van der Waals surface area contributed by atoms with Gasteiger partial charge in [-0.1, -0.05) is 5.16 Å². The van der Waals surface area contributed by atoms with Crippen molar-refractivity contribution >= 4 is 5.91 Å². The molecule has 19 heavy (non-hydrogen) atoms. The van der Waals surface area contributed by atoms with E-state index in [1.54, 1.807) is 33.2 Å². The number of ether oxygens (including phenoxy) is 1. The van der Waals surface area contributed by atoms with Gasteiger partial charge in [-0.05, 0) is 25.5 Å². The molecule has 0 saturated heterocycles. The molecule has 0 aliphatic rings. The number of carbonyl (C=O) groups is 1. The van der Waals surface area contributed by atoms with Crippen LogP contribution in [0, 0.1) is 13.8 Å². The van der Waals surface area contributed by atoms with E-state index in [0.717, 1.165) is 5.56 Å². The average molecular weight is 261 g/mol. The number of rotatable bonds is 4. The van der Waals surface area contributed by atoms with E-state index in [9.17, 15) is 4.79 Å². The molecule has 2 rings (SSSR count). The average Bonchev–Trinajstić information content (AvgIpc) is 2.76. The Kier molecular flexibility index (Phi) is 3.79. The number of hydrogen-bond acceptors (Lipinski definition) is 5. The summed E-state index contributed by atoms with van der Waals surface area (Å²) >= 11 is 0. The Balaban J connectivity index is 2.04. The minimum absolute atomic E-state index is 0.202. The number of carbonyl (C=O) groups excluding carboxylic acids is 1. The van der Waals surface area contributed by atoms with E-state index in [0.29, 0.717) is 29.4 Å². The van der Waals surface area contributed by atoms with Gasteiger partial charge in [-0.3, -0.25) is 4.79 Å². The van der Waals surface area contributed by atoms with Crippen LogP contribution in [0.2, 0.25) is 0 Å². The molecule has 0 saturated carbocycles. The first-order valence-corrected chi connectivity index (χ1v) is 5.82. The highest BCUT2D eigenvalue weighted by molar-refractivity contribution is 5.95. The Hall–Kier alpha value is -2.37. The van der Waals surface area contributed by atoms with Crippen molar-refractivity contribution in [3.05, 3.63) is 40.9 Å². The van der Waals surface area contributed by atoms with Crippen molar-refractivity contribution in [1.82, 2.24) is 15.5 Å². The van der Waals surface area contributed by atoms with Gasteiger partial charge in [0.1, 0.15) is 11.3 Å². The van der Waals surface area contributed by atoms with E-state index in [-0.39, 0.29) is 5.91 Å². The quantitative estimate of drug-likeness (QED) is 0.905. The molecule has 100 valence electrons. The minimum Gasteiger partial charge on any atom is -0.481 e. The molecule has 2 aromatic heterocycles. The molecule has 0 bridgehead atoms. The highest BCUT2D eigenvalue weighted by Gasteiger charge is 2.16. The summed E-state index contributed by atoms with van der Waals surface area (Å²) in [6.07, 6.45) is 1.64. The summed E-state index contributed by atoms with van der Waals surface area (Å²) in [7, 11) is 1.55. The number of amides is 1. The Bertz CT molecular complexity index is 573. The molecule has 0 aromatic carbocycles. The van der Waals surface area contributed by atoms with E-state index in [1.165, 1.54) is 0 Å². The standard InChI is InChI=1S/C13H15N3O3/c1-8-12(9(2)19-16-8)13(17)15-7-10-4-5-14-11(6-10)18-3/h4-6H,7H2,1-3H3,(H,15,17). The Labute approximate surface area is 110 Å². The molecule has 0 spiro atoms. The monoisotopic (exact) mass is 261 g/mol. The lowest BCUT2D eigenvalue weighted by Gasteiger charge is -2.06. The van der Waals surface area contributed by atoms with Crippen LogP contribution in [0.3, 0.4) is 0 Å². The fourth-order valence-corrected chi connectivity index (χ4v) is 1.75. The molecule has 1 amide bonds. The van der Waals surface area contributed by atoms with Crippen molar-refractivity contribution in [3.8, 4) is 5.88 Å². The second-order valence-electron chi connectivity index (χ2n) is 4.09. The SMILES string of the molecule is COc1cc(CNC(=O)c2c(C)noc2C)ccn1. The van der Waals surface area contributed by atoms with E-state index >= 15 is 0 Å². The molecule has 1 N–H and O–H groups in total. The maximum atomic E-state index is 12.0. The molecular formula is C13H15N3O3. The second kappa shape index (κ2) is 5.51. The largest absolute Gasteiger partial charge is 0.481 e. The summed E-state index contributed by atoms with van der Waals surface area (Å²) in [5.74, 6) is 0.832. The lowest BCUT2D eigenvalue weighted by molar-refractivity contribution is 0.0949. The zero-order chi connectivity index (χ0) is 13.8. The number of hydrogen-bond donors (Lipinski definition) is 1. The normalized spacial score (nSPS) is 10.3. The van der Waals surface area contributed by atoms with Gasteiger partial charge >= 0.3 is 0 Å².